The van der Waals surface area contributed by atoms with Gasteiger partial charge in [0.15, 0.2) is 0 Å². The first-order valence-electron chi connectivity index (χ1n) is 6.20. The molecule has 0 aromatic rings. The number of rotatable bonds is 1. The van der Waals surface area contributed by atoms with Gasteiger partial charge in [-0.15, -0.1) is 0 Å². The third kappa shape index (κ3) is 3.64. The van der Waals surface area contributed by atoms with Gasteiger partial charge in [0, 0.05) is 0 Å². The summed E-state index contributed by atoms with van der Waals surface area (Å²) >= 11 is 0. The summed E-state index contributed by atoms with van der Waals surface area (Å²) in [7, 11) is 2.41. The lowest BCUT2D eigenvalue weighted by Gasteiger charge is -2.28. The molecular formula is C12H25BO. The van der Waals surface area contributed by atoms with Crippen LogP contribution in [0.5, 0.6) is 0 Å². The van der Waals surface area contributed by atoms with Gasteiger partial charge in [-0.3, -0.25) is 0 Å². The van der Waals surface area contributed by atoms with E-state index in [-0.39, 0.29) is 5.60 Å². The second-order valence-corrected chi connectivity index (χ2v) is 5.72. The molecule has 1 saturated carbocycles. The Bertz CT molecular complexity index is 179. The molecule has 0 saturated heterocycles. The van der Waals surface area contributed by atoms with Gasteiger partial charge in [-0.2, -0.15) is 0 Å². The van der Waals surface area contributed by atoms with Crippen LogP contribution in [0.2, 0.25) is 5.31 Å². The molecule has 0 aromatic heterocycles. The Balaban J connectivity index is 2.52. The average molecular weight is 196 g/mol. The molecule has 1 rings (SSSR count). The molecule has 0 aliphatic heterocycles. The Labute approximate surface area is 89.7 Å². The van der Waals surface area contributed by atoms with Gasteiger partial charge >= 0.3 is 0 Å². The van der Waals surface area contributed by atoms with Gasteiger partial charge in [-0.05, 0) is 19.8 Å². The molecule has 0 spiro atoms. The number of hydrogen-bond donors (Lipinski definition) is 1. The van der Waals surface area contributed by atoms with Gasteiger partial charge in [0.2, 0.25) is 0 Å². The van der Waals surface area contributed by atoms with Crippen LogP contribution >= 0.6 is 0 Å². The maximum atomic E-state index is 10.0. The molecule has 1 fully saturated rings. The first kappa shape index (κ1) is 12.1. The summed E-state index contributed by atoms with van der Waals surface area (Å²) in [6.45, 7) is 4.30. The van der Waals surface area contributed by atoms with Crippen LogP contribution in [0.3, 0.4) is 0 Å². The molecule has 1 nitrogen and oxygen atoms in total. The van der Waals surface area contributed by atoms with E-state index in [1.165, 1.54) is 38.5 Å². The Morgan fingerprint density at radius 1 is 1.07 bits per heavy atom. The Kier molecular flexibility index (Phi) is 4.06. The molecule has 1 aliphatic carbocycles. The highest BCUT2D eigenvalue weighted by molar-refractivity contribution is 6.15. The molecule has 2 atom stereocenters. The van der Waals surface area contributed by atoms with Gasteiger partial charge in [-0.1, -0.05) is 50.8 Å². The second-order valence-electron chi connectivity index (χ2n) is 5.72. The topological polar surface area (TPSA) is 20.2 Å². The van der Waals surface area contributed by atoms with E-state index >= 15 is 0 Å². The second kappa shape index (κ2) is 4.70. The summed E-state index contributed by atoms with van der Waals surface area (Å²) < 4.78 is 0. The van der Waals surface area contributed by atoms with E-state index in [4.69, 9.17) is 0 Å². The van der Waals surface area contributed by atoms with E-state index in [0.717, 1.165) is 12.8 Å². The molecule has 82 valence electrons. The Hall–Kier alpha value is 0.0249. The lowest BCUT2D eigenvalue weighted by Crippen LogP contribution is -2.23. The highest BCUT2D eigenvalue weighted by Crippen LogP contribution is 2.41. The van der Waals surface area contributed by atoms with E-state index in [2.05, 4.69) is 14.8 Å². The van der Waals surface area contributed by atoms with Gasteiger partial charge in [0.1, 0.15) is 7.85 Å². The highest BCUT2D eigenvalue weighted by atomic mass is 16.3. The van der Waals surface area contributed by atoms with Crippen molar-refractivity contribution in [2.24, 2.45) is 0 Å². The molecule has 0 bridgehead atoms. The highest BCUT2D eigenvalue weighted by Gasteiger charge is 2.27. The quantitative estimate of drug-likeness (QED) is 0.639. The third-order valence-electron chi connectivity index (χ3n) is 4.09. The van der Waals surface area contributed by atoms with Crippen molar-refractivity contribution in [1.82, 2.24) is 0 Å². The molecule has 2 heteroatoms. The van der Waals surface area contributed by atoms with Crippen LogP contribution in [0.25, 0.3) is 0 Å². The van der Waals surface area contributed by atoms with Crippen molar-refractivity contribution in [2.45, 2.75) is 76.1 Å². The van der Waals surface area contributed by atoms with Crippen molar-refractivity contribution in [2.75, 3.05) is 0 Å². The summed E-state index contributed by atoms with van der Waals surface area (Å²) in [4.78, 5) is 0. The van der Waals surface area contributed by atoms with E-state index in [1.807, 2.05) is 6.92 Å². The first-order valence-corrected chi connectivity index (χ1v) is 6.20. The minimum Gasteiger partial charge on any atom is -0.390 e. The summed E-state index contributed by atoms with van der Waals surface area (Å²) in [5.41, 5.74) is -0.390. The molecule has 1 N–H and O–H groups in total. The van der Waals surface area contributed by atoms with Crippen LogP contribution in [-0.4, -0.2) is 18.6 Å². The summed E-state index contributed by atoms with van der Waals surface area (Å²) in [6.07, 6.45) is 9.59. The maximum Gasteiger partial charge on any atom is 0.109 e. The normalized spacial score (nSPS) is 41.1. The Morgan fingerprint density at radius 3 is 2.21 bits per heavy atom. The smallest absolute Gasteiger partial charge is 0.109 e. The van der Waals surface area contributed by atoms with Crippen LogP contribution in [0.4, 0.5) is 0 Å². The minimum absolute atomic E-state index is 0.390. The van der Waals surface area contributed by atoms with Crippen LogP contribution in [0.1, 0.15) is 65.2 Å². The molecule has 2 unspecified atom stereocenters. The van der Waals surface area contributed by atoms with Crippen molar-refractivity contribution in [3.8, 4) is 0 Å². The van der Waals surface area contributed by atoms with Crippen molar-refractivity contribution >= 4 is 7.85 Å². The van der Waals surface area contributed by atoms with E-state index in [9.17, 15) is 5.11 Å². The summed E-state index contributed by atoms with van der Waals surface area (Å²) in [5, 5.41) is 10.6. The van der Waals surface area contributed by atoms with Gasteiger partial charge in [-0.25, -0.2) is 0 Å². The minimum atomic E-state index is -0.390. The van der Waals surface area contributed by atoms with E-state index < -0.39 is 0 Å². The van der Waals surface area contributed by atoms with Crippen molar-refractivity contribution in [1.29, 1.82) is 0 Å². The van der Waals surface area contributed by atoms with Gasteiger partial charge in [0.05, 0.1) is 5.60 Å². The monoisotopic (exact) mass is 196 g/mol. The first-order chi connectivity index (χ1) is 6.47. The van der Waals surface area contributed by atoms with Crippen molar-refractivity contribution in [3.05, 3.63) is 0 Å². The Morgan fingerprint density at radius 2 is 1.57 bits per heavy atom. The van der Waals surface area contributed by atoms with Crippen molar-refractivity contribution < 1.29 is 5.11 Å². The van der Waals surface area contributed by atoms with Crippen LogP contribution in [0, 0.1) is 0 Å². The average Bonchev–Trinajstić information content (AvgIpc) is 2.17. The predicted octanol–water partition coefficient (Wildman–Crippen LogP) is 2.68. The zero-order chi connectivity index (χ0) is 10.7. The fourth-order valence-corrected chi connectivity index (χ4v) is 2.56. The van der Waals surface area contributed by atoms with Crippen LogP contribution in [0.15, 0.2) is 0 Å². The number of aliphatic hydroxyl groups is 1. The third-order valence-corrected chi connectivity index (χ3v) is 4.09. The fourth-order valence-electron chi connectivity index (χ4n) is 2.56. The van der Waals surface area contributed by atoms with Gasteiger partial charge < -0.3 is 5.11 Å². The predicted molar refractivity (Wildman–Crippen MR) is 64.5 cm³/mol. The molecule has 0 heterocycles. The number of hydrogen-bond acceptors (Lipinski definition) is 1. The maximum absolute atomic E-state index is 10.0. The van der Waals surface area contributed by atoms with Crippen LogP contribution < -0.4 is 0 Å². The van der Waals surface area contributed by atoms with E-state index in [0.29, 0.717) is 5.31 Å². The zero-order valence-electron chi connectivity index (χ0n) is 10.1. The summed E-state index contributed by atoms with van der Waals surface area (Å²) in [6, 6.07) is 0. The van der Waals surface area contributed by atoms with Gasteiger partial charge in [0.25, 0.3) is 0 Å². The van der Waals surface area contributed by atoms with E-state index in [1.54, 1.807) is 0 Å². The lowest BCUT2D eigenvalue weighted by molar-refractivity contribution is 0.0384. The molecule has 0 radical (unpaired) electrons. The standard InChI is InChI=1S/C12H25BO/c1-3-12(13)9-5-4-7-11(2,14)8-6-10-12/h14H,3-10,13H2,1-2H3. The molecule has 1 aliphatic rings. The lowest BCUT2D eigenvalue weighted by atomic mass is 9.61. The SMILES string of the molecule is BC1(CC)CCCCC(C)(O)CCC1. The molecule has 0 amide bonds. The zero-order valence-corrected chi connectivity index (χ0v) is 10.1. The molecule has 14 heavy (non-hydrogen) atoms. The van der Waals surface area contributed by atoms with Crippen molar-refractivity contribution in [3.63, 3.8) is 0 Å². The largest absolute Gasteiger partial charge is 0.390 e. The molecule has 0 aromatic carbocycles. The summed E-state index contributed by atoms with van der Waals surface area (Å²) in [5.74, 6) is 0. The fraction of sp³-hybridized carbons (Fsp3) is 1.00. The molecular weight excluding hydrogens is 171 g/mol. The van der Waals surface area contributed by atoms with Crippen LogP contribution in [-0.2, 0) is 0 Å².